The number of methoxy groups -OCH3 is 2. The van der Waals surface area contributed by atoms with E-state index >= 15 is 0 Å². The molecule has 23 heavy (non-hydrogen) atoms. The molecule has 4 N–H and O–H groups in total. The number of urea groups is 1. The number of rotatable bonds is 8. The molecule has 3 amide bonds. The molecular weight excluding hydrogens is 298 g/mol. The molecule has 0 radical (unpaired) electrons. The molecule has 1 aromatic rings. The Labute approximate surface area is 136 Å². The summed E-state index contributed by atoms with van der Waals surface area (Å²) in [4.78, 5) is 22.7. The summed E-state index contributed by atoms with van der Waals surface area (Å²) in [6.07, 6.45) is 0.702. The monoisotopic (exact) mass is 323 g/mol. The van der Waals surface area contributed by atoms with E-state index in [0.717, 1.165) is 5.56 Å². The molecular formula is C16H25N3O4. The average molecular weight is 323 g/mol. The van der Waals surface area contributed by atoms with E-state index in [1.54, 1.807) is 14.2 Å². The summed E-state index contributed by atoms with van der Waals surface area (Å²) in [5.41, 5.74) is 6.03. The van der Waals surface area contributed by atoms with Gasteiger partial charge in [0.2, 0.25) is 5.91 Å². The molecule has 0 saturated carbocycles. The first-order valence-corrected chi connectivity index (χ1v) is 7.43. The number of nitrogens with one attached hydrogen (secondary N) is 2. The van der Waals surface area contributed by atoms with Gasteiger partial charge in [0.25, 0.3) is 0 Å². The quantitative estimate of drug-likeness (QED) is 0.664. The molecule has 128 valence electrons. The number of primary amides is 1. The molecule has 0 saturated heterocycles. The minimum absolute atomic E-state index is 0.0275. The van der Waals surface area contributed by atoms with Crippen LogP contribution in [-0.4, -0.2) is 38.7 Å². The summed E-state index contributed by atoms with van der Waals surface area (Å²) in [5, 5.41) is 5.25. The Morgan fingerprint density at radius 1 is 1.17 bits per heavy atom. The van der Waals surface area contributed by atoms with E-state index in [1.807, 2.05) is 32.0 Å². The first-order valence-electron chi connectivity index (χ1n) is 7.43. The maximum atomic E-state index is 11.9. The van der Waals surface area contributed by atoms with Crippen molar-refractivity contribution in [2.75, 3.05) is 20.8 Å². The molecule has 1 aromatic carbocycles. The van der Waals surface area contributed by atoms with E-state index in [0.29, 0.717) is 24.5 Å². The topological polar surface area (TPSA) is 103 Å². The number of hydrogen-bond acceptors (Lipinski definition) is 5. The predicted octanol–water partition coefficient (Wildman–Crippen LogP) is 1.06. The van der Waals surface area contributed by atoms with Gasteiger partial charge in [-0.05, 0) is 36.6 Å². The third-order valence-electron chi connectivity index (χ3n) is 3.42. The van der Waals surface area contributed by atoms with Gasteiger partial charge in [0.15, 0.2) is 11.5 Å². The number of hydrogen-bond donors (Lipinski definition) is 3. The van der Waals surface area contributed by atoms with Gasteiger partial charge in [0.1, 0.15) is 0 Å². The van der Waals surface area contributed by atoms with Gasteiger partial charge in [-0.15, -0.1) is 0 Å². The van der Waals surface area contributed by atoms with Crippen LogP contribution in [0.2, 0.25) is 0 Å². The van der Waals surface area contributed by atoms with Crippen LogP contribution in [0.15, 0.2) is 18.2 Å². The molecule has 7 nitrogen and oxygen atoms in total. The number of amides is 3. The summed E-state index contributed by atoms with van der Waals surface area (Å²) >= 11 is 0. The Kier molecular flexibility index (Phi) is 7.34. The third kappa shape index (κ3) is 5.78. The van der Waals surface area contributed by atoms with Crippen LogP contribution in [0.1, 0.15) is 19.4 Å². The number of carbonyl (C=O) groups is 2. The van der Waals surface area contributed by atoms with E-state index in [9.17, 15) is 9.59 Å². The fourth-order valence-corrected chi connectivity index (χ4v) is 2.24. The molecule has 0 spiro atoms. The van der Waals surface area contributed by atoms with Crippen LogP contribution in [0, 0.1) is 5.92 Å². The largest absolute Gasteiger partial charge is 0.493 e. The summed E-state index contributed by atoms with van der Waals surface area (Å²) in [6.45, 7) is 4.37. The van der Waals surface area contributed by atoms with Crippen molar-refractivity contribution in [2.24, 2.45) is 11.7 Å². The zero-order valence-electron chi connectivity index (χ0n) is 14.0. The van der Waals surface area contributed by atoms with E-state index < -0.39 is 18.0 Å². The fraction of sp³-hybridized carbons (Fsp3) is 0.500. The second-order valence-corrected chi connectivity index (χ2v) is 5.47. The van der Waals surface area contributed by atoms with Crippen LogP contribution >= 0.6 is 0 Å². The van der Waals surface area contributed by atoms with Gasteiger partial charge in [-0.3, -0.25) is 10.1 Å². The lowest BCUT2D eigenvalue weighted by Gasteiger charge is -2.21. The molecule has 0 heterocycles. The Morgan fingerprint density at radius 2 is 1.83 bits per heavy atom. The molecule has 1 atom stereocenters. The number of nitrogens with two attached hydrogens (primary N) is 1. The van der Waals surface area contributed by atoms with E-state index in [2.05, 4.69) is 10.6 Å². The van der Waals surface area contributed by atoms with Crippen LogP contribution < -0.4 is 25.8 Å². The van der Waals surface area contributed by atoms with Crippen molar-refractivity contribution in [3.8, 4) is 11.5 Å². The van der Waals surface area contributed by atoms with Crippen LogP contribution in [0.5, 0.6) is 11.5 Å². The van der Waals surface area contributed by atoms with E-state index in [1.165, 1.54) is 0 Å². The lowest BCUT2D eigenvalue weighted by molar-refractivity contribution is -0.123. The Morgan fingerprint density at radius 3 is 2.35 bits per heavy atom. The van der Waals surface area contributed by atoms with Crippen LogP contribution in [0.25, 0.3) is 0 Å². The smallest absolute Gasteiger partial charge is 0.318 e. The molecule has 0 aliphatic rings. The van der Waals surface area contributed by atoms with Gasteiger partial charge in [0.05, 0.1) is 20.3 Å². The standard InChI is InChI=1S/C16H25N3O4/c1-10(2)14(15(20)19-16(17)21)18-8-7-11-5-6-12(22-3)13(9-11)23-4/h5-6,9-10,14,18H,7-8H2,1-4H3,(H3,17,19,20,21). The highest BCUT2D eigenvalue weighted by Gasteiger charge is 2.22. The molecule has 0 aliphatic heterocycles. The molecule has 0 bridgehead atoms. The molecule has 0 aliphatic carbocycles. The predicted molar refractivity (Wildman–Crippen MR) is 87.6 cm³/mol. The van der Waals surface area contributed by atoms with Crippen LogP contribution in [0.4, 0.5) is 4.79 Å². The summed E-state index contributed by atoms with van der Waals surface area (Å²) in [5.74, 6) is 0.946. The SMILES string of the molecule is COc1ccc(CCNC(C(=O)NC(N)=O)C(C)C)cc1OC. The zero-order valence-corrected chi connectivity index (χ0v) is 14.0. The normalized spacial score (nSPS) is 11.9. The van der Waals surface area contributed by atoms with Crippen molar-refractivity contribution >= 4 is 11.9 Å². The highest BCUT2D eigenvalue weighted by atomic mass is 16.5. The second-order valence-electron chi connectivity index (χ2n) is 5.47. The number of ether oxygens (including phenoxy) is 2. The van der Waals surface area contributed by atoms with Crippen molar-refractivity contribution < 1.29 is 19.1 Å². The minimum Gasteiger partial charge on any atom is -0.493 e. The van der Waals surface area contributed by atoms with Crippen molar-refractivity contribution in [1.82, 2.24) is 10.6 Å². The Hall–Kier alpha value is -2.28. The first kappa shape index (κ1) is 18.8. The van der Waals surface area contributed by atoms with Gasteiger partial charge in [-0.25, -0.2) is 4.79 Å². The summed E-state index contributed by atoms with van der Waals surface area (Å²) in [6, 6.07) is 4.35. The first-order chi connectivity index (χ1) is 10.9. The van der Waals surface area contributed by atoms with Gasteiger partial charge in [-0.1, -0.05) is 19.9 Å². The highest BCUT2D eigenvalue weighted by molar-refractivity contribution is 5.96. The van der Waals surface area contributed by atoms with Crippen LogP contribution in [0.3, 0.4) is 0 Å². The number of benzene rings is 1. The molecule has 1 unspecified atom stereocenters. The van der Waals surface area contributed by atoms with Gasteiger partial charge in [-0.2, -0.15) is 0 Å². The number of carbonyl (C=O) groups excluding carboxylic acids is 2. The summed E-state index contributed by atoms with van der Waals surface area (Å²) in [7, 11) is 3.17. The van der Waals surface area contributed by atoms with Gasteiger partial charge >= 0.3 is 6.03 Å². The van der Waals surface area contributed by atoms with E-state index in [-0.39, 0.29) is 5.92 Å². The Balaban J connectivity index is 2.63. The maximum absolute atomic E-state index is 11.9. The van der Waals surface area contributed by atoms with Crippen molar-refractivity contribution in [3.63, 3.8) is 0 Å². The molecule has 0 aromatic heterocycles. The molecule has 1 rings (SSSR count). The van der Waals surface area contributed by atoms with Gasteiger partial charge < -0.3 is 20.5 Å². The highest BCUT2D eigenvalue weighted by Crippen LogP contribution is 2.27. The van der Waals surface area contributed by atoms with Crippen molar-refractivity contribution in [2.45, 2.75) is 26.3 Å². The lowest BCUT2D eigenvalue weighted by Crippen LogP contribution is -2.50. The zero-order chi connectivity index (χ0) is 17.4. The number of imide groups is 1. The fourth-order valence-electron chi connectivity index (χ4n) is 2.24. The van der Waals surface area contributed by atoms with Crippen molar-refractivity contribution in [1.29, 1.82) is 0 Å². The maximum Gasteiger partial charge on any atom is 0.318 e. The molecule has 0 fully saturated rings. The van der Waals surface area contributed by atoms with Crippen LogP contribution in [-0.2, 0) is 11.2 Å². The van der Waals surface area contributed by atoms with E-state index in [4.69, 9.17) is 15.2 Å². The average Bonchev–Trinajstić information content (AvgIpc) is 2.49. The molecule has 7 heteroatoms. The Bertz CT molecular complexity index is 546. The lowest BCUT2D eigenvalue weighted by atomic mass is 10.0. The summed E-state index contributed by atoms with van der Waals surface area (Å²) < 4.78 is 10.5. The van der Waals surface area contributed by atoms with Crippen molar-refractivity contribution in [3.05, 3.63) is 23.8 Å². The minimum atomic E-state index is -0.845. The second kappa shape index (κ2) is 8.99. The van der Waals surface area contributed by atoms with Gasteiger partial charge in [0, 0.05) is 0 Å². The third-order valence-corrected chi connectivity index (χ3v) is 3.42.